The van der Waals surface area contributed by atoms with Gasteiger partial charge in [-0.3, -0.25) is 28.5 Å². The molecule has 2 unspecified atom stereocenters. The normalized spacial score (nSPS) is 13.8. The second-order valence-electron chi connectivity index (χ2n) is 19.0. The topological polar surface area (TPSA) is 262 Å². The van der Waals surface area contributed by atoms with Crippen LogP contribution in [-0.2, 0) is 40.4 Å². The van der Waals surface area contributed by atoms with E-state index in [-0.39, 0.29) is 56.5 Å². The molecule has 0 bridgehead atoms. The van der Waals surface area contributed by atoms with Gasteiger partial charge >= 0.3 is 7.60 Å². The highest BCUT2D eigenvalue weighted by molar-refractivity contribution is 9.10. The van der Waals surface area contributed by atoms with E-state index in [1.807, 2.05) is 24.3 Å². The first-order valence-electron chi connectivity index (χ1n) is 26.3. The molecule has 22 heteroatoms. The van der Waals surface area contributed by atoms with Gasteiger partial charge < -0.3 is 49.4 Å². The number of hydrogen-bond acceptors (Lipinski definition) is 11. The number of amides is 5. The minimum Gasteiger partial charge on any atom is -0.748 e. The fraction of sp³-hybridized carbons (Fsp3) is 0.455. The number of nitrogens with zero attached hydrogens (tertiary/aromatic N) is 4. The first-order chi connectivity index (χ1) is 36.7. The predicted octanol–water partition coefficient (Wildman–Crippen LogP) is 6.30. The molecule has 0 spiro atoms. The maximum absolute atomic E-state index is 14.5. The molecule has 3 aromatic rings. The Hall–Kier alpha value is -5.96. The number of halogens is 1. The van der Waals surface area contributed by atoms with Gasteiger partial charge in [-0.05, 0) is 94.3 Å². The molecule has 6 rings (SSSR count). The maximum Gasteiger partial charge on any atom is 0.343 e. The van der Waals surface area contributed by atoms with E-state index in [2.05, 4.69) is 105 Å². The summed E-state index contributed by atoms with van der Waals surface area (Å²) in [6, 6.07) is 24.9. The molecule has 1 saturated heterocycles. The third kappa shape index (κ3) is 16.8. The number of benzene rings is 4. The average Bonchev–Trinajstić information content (AvgIpc) is 3.42. The van der Waals surface area contributed by atoms with Crippen LogP contribution in [0.4, 0.5) is 5.69 Å². The molecule has 3 aromatic carbocycles. The monoisotopic (exact) mass is 1160 g/mol. The Morgan fingerprint density at radius 2 is 1.43 bits per heavy atom. The van der Waals surface area contributed by atoms with Crippen LogP contribution in [0.5, 0.6) is 0 Å². The Morgan fingerprint density at radius 3 is 2.09 bits per heavy atom. The second kappa shape index (κ2) is 28.1. The van der Waals surface area contributed by atoms with Gasteiger partial charge in [-0.1, -0.05) is 64.8 Å². The highest BCUT2D eigenvalue weighted by atomic mass is 79.9. The zero-order chi connectivity index (χ0) is 55.9. The largest absolute Gasteiger partial charge is 0.748 e. The summed E-state index contributed by atoms with van der Waals surface area (Å²) in [7, 11) is -9.26. The molecule has 2 atom stereocenters. The number of carbonyl (C=O) groups is 5. The van der Waals surface area contributed by atoms with Crippen molar-refractivity contribution in [2.75, 3.05) is 69.6 Å². The molecule has 77 heavy (non-hydrogen) atoms. The van der Waals surface area contributed by atoms with Gasteiger partial charge in [-0.2, -0.15) is 0 Å². The number of nitrogens with one attached hydrogen (secondary N) is 3. The van der Waals surface area contributed by atoms with Crippen molar-refractivity contribution >= 4 is 79.8 Å². The van der Waals surface area contributed by atoms with Crippen LogP contribution in [0, 0.1) is 0 Å². The zero-order valence-electron chi connectivity index (χ0n) is 44.2. The van der Waals surface area contributed by atoms with Gasteiger partial charge in [0.2, 0.25) is 29.0 Å². The SMILES string of the molecule is CCN(CC)c1ccc2c(-c3ccccc3C(=O)N3CCN(C(=O)CCCCC(=O)NC(CS(=O)(=O)[O-])C(=O)NCCCCCC(=O)NCc4ccc(C(Br)P(=O)(O)O)cc4)CC3)c3ccc(=[N+](CC)CC)cc-3oc2c1. The van der Waals surface area contributed by atoms with Gasteiger partial charge in [-0.15, -0.1) is 0 Å². The van der Waals surface area contributed by atoms with E-state index in [1.165, 1.54) is 0 Å². The van der Waals surface area contributed by atoms with E-state index in [0.717, 1.165) is 64.9 Å². The van der Waals surface area contributed by atoms with Crippen LogP contribution in [0.2, 0.25) is 0 Å². The number of carbonyl (C=O) groups excluding carboxylic acids is 5. The Labute approximate surface area is 458 Å². The van der Waals surface area contributed by atoms with Crippen LogP contribution >= 0.6 is 23.5 Å². The quantitative estimate of drug-likeness (QED) is 0.0102. The van der Waals surface area contributed by atoms with Crippen LogP contribution in [-0.4, -0.2) is 133 Å². The highest BCUT2D eigenvalue weighted by Gasteiger charge is 2.30. The lowest BCUT2D eigenvalue weighted by molar-refractivity contribution is -0.133. The molecule has 1 aliphatic carbocycles. The minimum absolute atomic E-state index is 0.106. The molecular weight excluding hydrogens is 1090 g/mol. The molecule has 0 radical (unpaired) electrons. The molecule has 1 fully saturated rings. The summed E-state index contributed by atoms with van der Waals surface area (Å²) in [5, 5.41) is 9.62. The third-order valence-electron chi connectivity index (χ3n) is 13.8. The van der Waals surface area contributed by atoms with Crippen molar-refractivity contribution in [3.63, 3.8) is 0 Å². The molecule has 0 saturated carbocycles. The van der Waals surface area contributed by atoms with Gasteiger partial charge in [-0.25, -0.2) is 13.0 Å². The van der Waals surface area contributed by atoms with Crippen molar-refractivity contribution in [1.82, 2.24) is 30.3 Å². The summed E-state index contributed by atoms with van der Waals surface area (Å²) in [6.07, 6.45) is 2.25. The van der Waals surface area contributed by atoms with Crippen molar-refractivity contribution in [3.8, 4) is 22.5 Å². The first-order valence-corrected chi connectivity index (χ1v) is 30.5. The zero-order valence-corrected chi connectivity index (χ0v) is 47.5. The van der Waals surface area contributed by atoms with E-state index in [9.17, 15) is 51.3 Å². The van der Waals surface area contributed by atoms with Gasteiger partial charge in [0.05, 0.1) is 21.9 Å². The number of rotatable bonds is 26. The number of anilines is 1. The summed E-state index contributed by atoms with van der Waals surface area (Å²) in [6.45, 7) is 13.4. The number of hydrogen-bond donors (Lipinski definition) is 5. The summed E-state index contributed by atoms with van der Waals surface area (Å²) in [5.41, 5.74) is 6.02. The van der Waals surface area contributed by atoms with Gasteiger partial charge in [0.15, 0.2) is 0 Å². The minimum atomic E-state index is -4.90. The van der Waals surface area contributed by atoms with E-state index in [0.29, 0.717) is 74.3 Å². The smallest absolute Gasteiger partial charge is 0.343 e. The summed E-state index contributed by atoms with van der Waals surface area (Å²) in [5.74, 6) is -2.41. The van der Waals surface area contributed by atoms with E-state index >= 15 is 0 Å². The van der Waals surface area contributed by atoms with Gasteiger partial charge in [0, 0.05) is 112 Å². The number of piperazine rings is 1. The van der Waals surface area contributed by atoms with Gasteiger partial charge in [0.25, 0.3) is 5.91 Å². The summed E-state index contributed by atoms with van der Waals surface area (Å²) < 4.78 is 54.3. The van der Waals surface area contributed by atoms with Crippen LogP contribution in [0.15, 0.2) is 89.3 Å². The van der Waals surface area contributed by atoms with Crippen molar-refractivity contribution in [2.24, 2.45) is 0 Å². The van der Waals surface area contributed by atoms with E-state index in [4.69, 9.17) is 4.42 Å². The Bertz CT molecular complexity index is 3080. The Balaban J connectivity index is 0.959. The number of unbranched alkanes of at least 4 members (excludes halogenated alkanes) is 3. The lowest BCUT2D eigenvalue weighted by Crippen LogP contribution is -2.50. The molecule has 0 aromatic heterocycles. The van der Waals surface area contributed by atoms with Gasteiger partial charge in [0.1, 0.15) is 35.0 Å². The summed E-state index contributed by atoms with van der Waals surface area (Å²) >= 11 is 3.00. The average molecular weight is 1170 g/mol. The first kappa shape index (κ1) is 60.3. The molecule has 2 aliphatic heterocycles. The van der Waals surface area contributed by atoms with Crippen molar-refractivity contribution in [1.29, 1.82) is 0 Å². The fourth-order valence-corrected chi connectivity index (χ4v) is 11.0. The van der Waals surface area contributed by atoms with Crippen LogP contribution in [0.25, 0.3) is 33.4 Å². The van der Waals surface area contributed by atoms with Crippen LogP contribution in [0.3, 0.4) is 0 Å². The number of fused-ring (bicyclic) bond motifs is 2. The van der Waals surface area contributed by atoms with Crippen molar-refractivity contribution < 1.29 is 55.7 Å². The van der Waals surface area contributed by atoms with E-state index in [1.54, 1.807) is 34.1 Å². The third-order valence-corrected chi connectivity index (χ3v) is 17.5. The molecule has 3 aliphatic rings. The second-order valence-corrected chi connectivity index (χ2v) is 23.8. The molecule has 19 nitrogen and oxygen atoms in total. The Morgan fingerprint density at radius 1 is 0.779 bits per heavy atom. The maximum atomic E-state index is 14.5. The predicted molar refractivity (Wildman–Crippen MR) is 299 cm³/mol. The molecular formula is C55H71BrN7O12PS. The van der Waals surface area contributed by atoms with E-state index < -0.39 is 45.9 Å². The highest BCUT2D eigenvalue weighted by Crippen LogP contribution is 2.55. The van der Waals surface area contributed by atoms with Crippen LogP contribution < -0.4 is 30.8 Å². The van der Waals surface area contributed by atoms with Crippen molar-refractivity contribution in [3.05, 3.63) is 107 Å². The van der Waals surface area contributed by atoms with Crippen LogP contribution in [0.1, 0.15) is 105 Å². The lowest BCUT2D eigenvalue weighted by atomic mass is 9.90. The Kier molecular flexibility index (Phi) is 22.0. The number of alkyl halides is 1. The fourth-order valence-electron chi connectivity index (χ4n) is 9.52. The molecule has 5 N–H and O–H groups in total. The summed E-state index contributed by atoms with van der Waals surface area (Å²) in [4.78, 5) is 90.4. The molecule has 5 amide bonds. The van der Waals surface area contributed by atoms with Crippen molar-refractivity contribution in [2.45, 2.75) is 96.2 Å². The molecule has 2 heterocycles. The lowest BCUT2D eigenvalue weighted by Gasteiger charge is -2.35. The standard InChI is InChI=1S/C55H71BrN7O12PS/c1-5-60(6-2)40-25-27-44-47(34-40)75-48-35-41(61(7-3)8-4)26-28-45(48)52(44)42-16-11-12-17-43(42)55(68)63-32-30-62(31-33-63)51(66)20-14-13-19-50(65)59-46(37-77(72,73)74)54(67)57-29-15-9-10-18-49(64)58-36-38-21-23-39(24-22-38)53(56)76(69,70)71/h11-12,16-17,21-28,34-35,46,53H,5-10,13-15,18-20,29-33,36-37H2,1-4H3,(H5-,57,58,59,64,65,67,69,70,71,72,73,74). The molecule has 416 valence electrons.